The quantitative estimate of drug-likeness (QED) is 0.858. The van der Waals surface area contributed by atoms with Gasteiger partial charge in [0.05, 0.1) is 23.9 Å². The Morgan fingerprint density at radius 2 is 2.27 bits per heavy atom. The second-order valence-electron chi connectivity index (χ2n) is 5.33. The zero-order chi connectivity index (χ0) is 16.1. The van der Waals surface area contributed by atoms with Gasteiger partial charge < -0.3 is 10.4 Å². The molecule has 0 saturated carbocycles. The Kier molecular flexibility index (Phi) is 5.65. The van der Waals surface area contributed by atoms with Crippen LogP contribution in [0.1, 0.15) is 11.9 Å². The van der Waals surface area contributed by atoms with E-state index in [0.717, 1.165) is 22.0 Å². The van der Waals surface area contributed by atoms with Crippen molar-refractivity contribution in [3.05, 3.63) is 34.7 Å². The largest absolute Gasteiger partial charge is 0.395 e. The van der Waals surface area contributed by atoms with Crippen molar-refractivity contribution < 1.29 is 9.90 Å². The number of rotatable bonds is 6. The van der Waals surface area contributed by atoms with Gasteiger partial charge in [-0.2, -0.15) is 0 Å². The summed E-state index contributed by atoms with van der Waals surface area (Å²) in [6.45, 7) is 4.11. The lowest BCUT2D eigenvalue weighted by Crippen LogP contribution is -2.38. The van der Waals surface area contributed by atoms with Crippen molar-refractivity contribution in [1.82, 2.24) is 9.88 Å². The van der Waals surface area contributed by atoms with E-state index in [2.05, 4.69) is 10.3 Å². The van der Waals surface area contributed by atoms with Gasteiger partial charge in [0.15, 0.2) is 0 Å². The number of aliphatic hydroxyl groups is 1. The molecule has 0 aliphatic carbocycles. The van der Waals surface area contributed by atoms with Crippen molar-refractivity contribution in [2.24, 2.45) is 0 Å². The van der Waals surface area contributed by atoms with E-state index >= 15 is 0 Å². The number of aryl methyl sites for hydroxylation is 1. The van der Waals surface area contributed by atoms with E-state index in [1.165, 1.54) is 0 Å². The highest BCUT2D eigenvalue weighted by Crippen LogP contribution is 2.24. The highest BCUT2D eigenvalue weighted by molar-refractivity contribution is 7.09. The van der Waals surface area contributed by atoms with Crippen LogP contribution in [0.15, 0.2) is 29.6 Å². The van der Waals surface area contributed by atoms with Gasteiger partial charge in [-0.3, -0.25) is 9.69 Å². The number of aliphatic hydroxyl groups excluding tert-OH is 1. The van der Waals surface area contributed by atoms with Gasteiger partial charge in [0.25, 0.3) is 0 Å². The molecule has 0 aliphatic rings. The fourth-order valence-electron chi connectivity index (χ4n) is 1.97. The van der Waals surface area contributed by atoms with Gasteiger partial charge in [0.1, 0.15) is 0 Å². The van der Waals surface area contributed by atoms with Gasteiger partial charge in [0.2, 0.25) is 5.91 Å². The van der Waals surface area contributed by atoms with E-state index in [4.69, 9.17) is 5.11 Å². The summed E-state index contributed by atoms with van der Waals surface area (Å²) >= 11 is 1.60. The van der Waals surface area contributed by atoms with Crippen molar-refractivity contribution in [2.75, 3.05) is 25.5 Å². The molecular weight excluding hydrogens is 298 g/mol. The third kappa shape index (κ3) is 4.37. The first-order valence-electron chi connectivity index (χ1n) is 7.13. The molecule has 2 N–H and O–H groups in total. The number of hydrogen-bond donors (Lipinski definition) is 2. The predicted octanol–water partition coefficient (Wildman–Crippen LogP) is 2.37. The van der Waals surface area contributed by atoms with Gasteiger partial charge in [0, 0.05) is 22.7 Å². The van der Waals surface area contributed by atoms with Gasteiger partial charge in [-0.15, -0.1) is 11.3 Å². The number of carbonyl (C=O) groups is 1. The van der Waals surface area contributed by atoms with E-state index < -0.39 is 0 Å². The van der Waals surface area contributed by atoms with Crippen LogP contribution < -0.4 is 5.32 Å². The highest BCUT2D eigenvalue weighted by atomic mass is 32.1. The van der Waals surface area contributed by atoms with E-state index in [9.17, 15) is 4.79 Å². The second kappa shape index (κ2) is 7.49. The molecule has 5 nitrogen and oxygen atoms in total. The van der Waals surface area contributed by atoms with Gasteiger partial charge in [-0.25, -0.2) is 4.98 Å². The Morgan fingerprint density at radius 3 is 2.91 bits per heavy atom. The third-order valence-electron chi connectivity index (χ3n) is 3.47. The van der Waals surface area contributed by atoms with Gasteiger partial charge in [-0.05, 0) is 33.0 Å². The maximum absolute atomic E-state index is 12.0. The number of thiazole rings is 1. The normalized spacial score (nSPS) is 12.4. The molecule has 22 heavy (non-hydrogen) atoms. The molecule has 1 heterocycles. The molecule has 0 aliphatic heterocycles. The van der Waals surface area contributed by atoms with Crippen LogP contribution in [0.4, 0.5) is 5.69 Å². The molecule has 0 saturated heterocycles. The molecule has 0 fully saturated rings. The molecule has 0 radical (unpaired) electrons. The summed E-state index contributed by atoms with van der Waals surface area (Å²) in [6.07, 6.45) is 0. The first kappa shape index (κ1) is 16.6. The summed E-state index contributed by atoms with van der Waals surface area (Å²) in [6, 6.07) is 7.61. The fourth-order valence-corrected chi connectivity index (χ4v) is 2.60. The van der Waals surface area contributed by atoms with E-state index in [-0.39, 0.29) is 25.1 Å². The second-order valence-corrected chi connectivity index (χ2v) is 6.39. The number of aromatic nitrogens is 1. The van der Waals surface area contributed by atoms with Crippen LogP contribution in [-0.4, -0.2) is 47.1 Å². The monoisotopic (exact) mass is 319 g/mol. The van der Waals surface area contributed by atoms with Crippen LogP contribution in [0.25, 0.3) is 11.3 Å². The van der Waals surface area contributed by atoms with Crippen molar-refractivity contribution in [1.29, 1.82) is 0 Å². The number of likely N-dealkylation sites (N-methyl/N-ethyl adjacent to an activating group) is 1. The van der Waals surface area contributed by atoms with Gasteiger partial charge >= 0.3 is 0 Å². The molecule has 6 heteroatoms. The van der Waals surface area contributed by atoms with Gasteiger partial charge in [-0.1, -0.05) is 12.1 Å². The van der Waals surface area contributed by atoms with Crippen LogP contribution in [0.2, 0.25) is 0 Å². The Balaban J connectivity index is 2.03. The summed E-state index contributed by atoms with van der Waals surface area (Å²) in [4.78, 5) is 18.3. The molecular formula is C16H21N3O2S. The number of nitrogens with one attached hydrogen (secondary N) is 1. The number of benzene rings is 1. The molecule has 1 aromatic carbocycles. The van der Waals surface area contributed by atoms with Crippen LogP contribution in [-0.2, 0) is 4.79 Å². The van der Waals surface area contributed by atoms with Crippen LogP contribution >= 0.6 is 11.3 Å². The molecule has 1 aromatic heterocycles. The smallest absolute Gasteiger partial charge is 0.238 e. The number of anilines is 1. The molecule has 0 bridgehead atoms. The molecule has 118 valence electrons. The molecule has 2 rings (SSSR count). The summed E-state index contributed by atoms with van der Waals surface area (Å²) < 4.78 is 0. The Hall–Kier alpha value is -1.76. The average Bonchev–Trinajstić information content (AvgIpc) is 2.93. The summed E-state index contributed by atoms with van der Waals surface area (Å²) in [5, 5.41) is 15.0. The van der Waals surface area contributed by atoms with Crippen LogP contribution in [0, 0.1) is 6.92 Å². The van der Waals surface area contributed by atoms with Crippen LogP contribution in [0.3, 0.4) is 0 Å². The summed E-state index contributed by atoms with van der Waals surface area (Å²) in [7, 11) is 1.81. The highest BCUT2D eigenvalue weighted by Gasteiger charge is 2.12. The minimum atomic E-state index is -0.102. The molecule has 0 spiro atoms. The zero-order valence-electron chi connectivity index (χ0n) is 13.0. The lowest BCUT2D eigenvalue weighted by atomic mass is 10.1. The minimum absolute atomic E-state index is 0.0302. The lowest BCUT2D eigenvalue weighted by Gasteiger charge is -2.22. The molecule has 1 unspecified atom stereocenters. The average molecular weight is 319 g/mol. The minimum Gasteiger partial charge on any atom is -0.395 e. The first-order valence-corrected chi connectivity index (χ1v) is 8.01. The summed E-state index contributed by atoms with van der Waals surface area (Å²) in [5.41, 5.74) is 2.65. The predicted molar refractivity (Wildman–Crippen MR) is 90.1 cm³/mol. The van der Waals surface area contributed by atoms with E-state index in [0.29, 0.717) is 0 Å². The van der Waals surface area contributed by atoms with Crippen molar-refractivity contribution >= 4 is 22.9 Å². The Labute approximate surface area is 134 Å². The zero-order valence-corrected chi connectivity index (χ0v) is 13.9. The summed E-state index contributed by atoms with van der Waals surface area (Å²) in [5.74, 6) is -0.102. The third-order valence-corrected chi connectivity index (χ3v) is 4.24. The van der Waals surface area contributed by atoms with Crippen molar-refractivity contribution in [3.8, 4) is 11.3 Å². The standard InChI is InChI=1S/C16H21N3O2S/c1-11(9-20)19(3)8-16(21)18-14-6-4-5-13(7-14)15-10-22-12(2)17-15/h4-7,10-11,20H,8-9H2,1-3H3,(H,18,21). The number of carbonyl (C=O) groups excluding carboxylic acids is 1. The number of nitrogens with zero attached hydrogens (tertiary/aromatic N) is 2. The number of hydrogen-bond acceptors (Lipinski definition) is 5. The lowest BCUT2D eigenvalue weighted by molar-refractivity contribution is -0.117. The van der Waals surface area contributed by atoms with Crippen molar-refractivity contribution in [3.63, 3.8) is 0 Å². The Bertz CT molecular complexity index is 642. The van der Waals surface area contributed by atoms with E-state index in [1.54, 1.807) is 11.3 Å². The maximum Gasteiger partial charge on any atom is 0.238 e. The number of amides is 1. The van der Waals surface area contributed by atoms with Crippen LogP contribution in [0.5, 0.6) is 0 Å². The van der Waals surface area contributed by atoms with E-state index in [1.807, 2.05) is 55.4 Å². The topological polar surface area (TPSA) is 65.5 Å². The first-order chi connectivity index (χ1) is 10.5. The molecule has 1 atom stereocenters. The SMILES string of the molecule is Cc1nc(-c2cccc(NC(=O)CN(C)C(C)CO)c2)cs1. The fraction of sp³-hybridized carbons (Fsp3) is 0.375. The maximum atomic E-state index is 12.0. The Morgan fingerprint density at radius 1 is 1.50 bits per heavy atom. The van der Waals surface area contributed by atoms with Crippen molar-refractivity contribution in [2.45, 2.75) is 19.9 Å². The molecule has 2 aromatic rings. The molecule has 1 amide bonds.